The van der Waals surface area contributed by atoms with E-state index in [9.17, 15) is 14.4 Å². The topological polar surface area (TPSA) is 78.9 Å². The van der Waals surface area contributed by atoms with Crippen LogP contribution in [0.1, 0.15) is 213 Å². The van der Waals surface area contributed by atoms with Gasteiger partial charge in [-0.15, -0.1) is 0 Å². The first-order chi connectivity index (χ1) is 28.0. The molecule has 57 heavy (non-hydrogen) atoms. The summed E-state index contributed by atoms with van der Waals surface area (Å²) >= 11 is 0. The third-order valence-electron chi connectivity index (χ3n) is 9.68. The molecule has 6 nitrogen and oxygen atoms in total. The zero-order chi connectivity index (χ0) is 41.5. The third-order valence-corrected chi connectivity index (χ3v) is 9.68. The van der Waals surface area contributed by atoms with Gasteiger partial charge in [0.15, 0.2) is 6.10 Å². The van der Waals surface area contributed by atoms with E-state index < -0.39 is 6.10 Å². The highest BCUT2D eigenvalue weighted by Crippen LogP contribution is 2.13. The fraction of sp³-hybridized carbons (Fsp3) is 0.706. The van der Waals surface area contributed by atoms with Gasteiger partial charge in [0.2, 0.25) is 0 Å². The lowest BCUT2D eigenvalue weighted by atomic mass is 10.1. The number of ether oxygens (including phenoxy) is 3. The molecule has 0 heterocycles. The van der Waals surface area contributed by atoms with Crippen molar-refractivity contribution in [3.05, 3.63) is 72.9 Å². The lowest BCUT2D eigenvalue weighted by molar-refractivity contribution is -0.167. The predicted molar refractivity (Wildman–Crippen MR) is 242 cm³/mol. The first-order valence-corrected chi connectivity index (χ1v) is 23.4. The molecule has 0 saturated carbocycles. The molecular weight excluding hydrogens is 709 g/mol. The second-order valence-corrected chi connectivity index (χ2v) is 15.2. The Morgan fingerprint density at radius 1 is 0.368 bits per heavy atom. The Morgan fingerprint density at radius 2 is 0.702 bits per heavy atom. The van der Waals surface area contributed by atoms with Crippen LogP contribution in [0.4, 0.5) is 0 Å². The van der Waals surface area contributed by atoms with E-state index in [1.807, 2.05) is 0 Å². The van der Waals surface area contributed by atoms with Crippen molar-refractivity contribution >= 4 is 17.9 Å². The zero-order valence-electron chi connectivity index (χ0n) is 37.1. The Hall–Kier alpha value is -3.15. The molecule has 0 rings (SSSR count). The van der Waals surface area contributed by atoms with Gasteiger partial charge in [0.05, 0.1) is 0 Å². The number of unbranched alkanes of at least 4 members (excludes halogenated alkanes) is 18. The average Bonchev–Trinajstić information content (AvgIpc) is 3.21. The Balaban J connectivity index is 4.35. The maximum atomic E-state index is 12.7. The highest BCUT2D eigenvalue weighted by atomic mass is 16.6. The van der Waals surface area contributed by atoms with Crippen molar-refractivity contribution in [1.82, 2.24) is 0 Å². The van der Waals surface area contributed by atoms with Crippen LogP contribution in [0, 0.1) is 0 Å². The Morgan fingerprint density at radius 3 is 1.18 bits per heavy atom. The van der Waals surface area contributed by atoms with Gasteiger partial charge in [-0.3, -0.25) is 14.4 Å². The van der Waals surface area contributed by atoms with Crippen LogP contribution in [-0.2, 0) is 28.6 Å². The fourth-order valence-corrected chi connectivity index (χ4v) is 6.20. The van der Waals surface area contributed by atoms with Crippen molar-refractivity contribution in [3.8, 4) is 0 Å². The molecule has 0 spiro atoms. The summed E-state index contributed by atoms with van der Waals surface area (Å²) in [6.45, 7) is 6.30. The number of hydrogen-bond acceptors (Lipinski definition) is 6. The maximum absolute atomic E-state index is 12.7. The van der Waals surface area contributed by atoms with E-state index >= 15 is 0 Å². The zero-order valence-corrected chi connectivity index (χ0v) is 37.1. The van der Waals surface area contributed by atoms with Crippen LogP contribution in [-0.4, -0.2) is 37.2 Å². The van der Waals surface area contributed by atoms with Gasteiger partial charge in [-0.2, -0.15) is 0 Å². The number of hydrogen-bond donors (Lipinski definition) is 0. The van der Waals surface area contributed by atoms with Gasteiger partial charge in [-0.25, -0.2) is 0 Å². The number of allylic oxidation sites excluding steroid dienone is 12. The van der Waals surface area contributed by atoms with Crippen molar-refractivity contribution in [1.29, 1.82) is 0 Å². The molecular formula is C51H86O6. The van der Waals surface area contributed by atoms with Crippen molar-refractivity contribution in [2.75, 3.05) is 13.2 Å². The predicted octanol–water partition coefficient (Wildman–Crippen LogP) is 15.1. The molecule has 6 heteroatoms. The minimum atomic E-state index is -0.813. The van der Waals surface area contributed by atoms with Crippen LogP contribution in [0.25, 0.3) is 0 Å². The molecule has 0 aromatic heterocycles. The summed E-state index contributed by atoms with van der Waals surface area (Å²) in [5.41, 5.74) is 0. The number of esters is 3. The second kappa shape index (κ2) is 45.6. The van der Waals surface area contributed by atoms with Gasteiger partial charge in [-0.1, -0.05) is 171 Å². The summed E-state index contributed by atoms with van der Waals surface area (Å²) in [5.74, 6) is -1.01. The molecule has 0 saturated heterocycles. The minimum absolute atomic E-state index is 0.109. The molecule has 326 valence electrons. The van der Waals surface area contributed by atoms with E-state index in [0.29, 0.717) is 19.3 Å². The number of rotatable bonds is 41. The van der Waals surface area contributed by atoms with Crippen molar-refractivity contribution in [2.24, 2.45) is 0 Å². The molecule has 0 aliphatic heterocycles. The number of carbonyl (C=O) groups excluding carboxylic acids is 3. The summed E-state index contributed by atoms with van der Waals surface area (Å²) in [6.07, 6.45) is 56.3. The molecule has 0 radical (unpaired) electrons. The summed E-state index contributed by atoms with van der Waals surface area (Å²) in [5, 5.41) is 0. The first-order valence-electron chi connectivity index (χ1n) is 23.4. The van der Waals surface area contributed by atoms with Crippen LogP contribution < -0.4 is 0 Å². The van der Waals surface area contributed by atoms with Gasteiger partial charge in [-0.05, 0) is 96.3 Å². The summed E-state index contributed by atoms with van der Waals surface area (Å²) < 4.78 is 16.6. The van der Waals surface area contributed by atoms with E-state index in [2.05, 4.69) is 93.7 Å². The Kier molecular flexibility index (Phi) is 43.0. The van der Waals surface area contributed by atoms with Gasteiger partial charge >= 0.3 is 17.9 Å². The molecule has 0 amide bonds. The second-order valence-electron chi connectivity index (χ2n) is 15.2. The van der Waals surface area contributed by atoms with Crippen molar-refractivity contribution in [2.45, 2.75) is 219 Å². The molecule has 0 aromatic rings. The van der Waals surface area contributed by atoms with E-state index in [-0.39, 0.29) is 37.5 Å². The minimum Gasteiger partial charge on any atom is -0.462 e. The summed E-state index contributed by atoms with van der Waals surface area (Å²) in [4.78, 5) is 37.6. The Labute approximate surface area is 351 Å². The van der Waals surface area contributed by atoms with Crippen LogP contribution in [0.15, 0.2) is 72.9 Å². The van der Waals surface area contributed by atoms with E-state index in [1.165, 1.54) is 89.9 Å². The van der Waals surface area contributed by atoms with Gasteiger partial charge in [0.25, 0.3) is 0 Å². The standard InChI is InChI=1S/C51H86O6/c1-4-7-10-13-16-19-21-22-23-24-25-26-27-28-30-32-35-38-41-44-50(53)56-47-48(46-55-49(52)43-40-37-34-31-18-15-12-9-6-3)57-51(54)45-42-39-36-33-29-20-17-14-11-8-5-2/h8-9,11-12,17-18,20,24-25,31,33,36,48H,4-7,10,13-16,19,21-23,26-30,32,34-35,37-47H2,1-3H3/b11-8-,12-9-,20-17-,25-24-,31-18-,36-33-. The van der Waals surface area contributed by atoms with Gasteiger partial charge in [0.1, 0.15) is 13.2 Å². The van der Waals surface area contributed by atoms with Crippen LogP contribution in [0.5, 0.6) is 0 Å². The lowest BCUT2D eigenvalue weighted by Crippen LogP contribution is -2.30. The molecule has 0 aliphatic rings. The van der Waals surface area contributed by atoms with Crippen LogP contribution in [0.3, 0.4) is 0 Å². The average molecular weight is 795 g/mol. The van der Waals surface area contributed by atoms with Crippen molar-refractivity contribution < 1.29 is 28.6 Å². The quantitative estimate of drug-likeness (QED) is 0.0265. The largest absolute Gasteiger partial charge is 0.462 e. The third kappa shape index (κ3) is 43.8. The summed E-state index contributed by atoms with van der Waals surface area (Å²) in [6, 6.07) is 0. The molecule has 0 aliphatic carbocycles. The Bertz CT molecular complexity index is 1100. The maximum Gasteiger partial charge on any atom is 0.306 e. The highest BCUT2D eigenvalue weighted by molar-refractivity contribution is 5.71. The van der Waals surface area contributed by atoms with E-state index in [4.69, 9.17) is 14.2 Å². The molecule has 0 N–H and O–H groups in total. The number of carbonyl (C=O) groups is 3. The van der Waals surface area contributed by atoms with Crippen LogP contribution >= 0.6 is 0 Å². The highest BCUT2D eigenvalue weighted by Gasteiger charge is 2.19. The monoisotopic (exact) mass is 795 g/mol. The SMILES string of the molecule is CC/C=C\C/C=C\C/C=C\CCCC(=O)OC(COC(=O)CCCC/C=C\C/C=C\CC)COC(=O)CCCCCCCCC/C=C\CCCCCCCCCC. The first kappa shape index (κ1) is 53.9. The van der Waals surface area contributed by atoms with Gasteiger partial charge in [0, 0.05) is 19.3 Å². The molecule has 1 unspecified atom stereocenters. The van der Waals surface area contributed by atoms with E-state index in [1.54, 1.807) is 0 Å². The van der Waals surface area contributed by atoms with E-state index in [0.717, 1.165) is 77.0 Å². The lowest BCUT2D eigenvalue weighted by Gasteiger charge is -2.18. The molecule has 0 fully saturated rings. The molecule has 1 atom stereocenters. The molecule has 0 aromatic carbocycles. The van der Waals surface area contributed by atoms with Gasteiger partial charge < -0.3 is 14.2 Å². The van der Waals surface area contributed by atoms with Crippen molar-refractivity contribution in [3.63, 3.8) is 0 Å². The van der Waals surface area contributed by atoms with Crippen LogP contribution in [0.2, 0.25) is 0 Å². The molecule has 0 bridgehead atoms. The summed E-state index contributed by atoms with van der Waals surface area (Å²) in [7, 11) is 0. The normalized spacial score (nSPS) is 12.7. The fourth-order valence-electron chi connectivity index (χ4n) is 6.20. The smallest absolute Gasteiger partial charge is 0.306 e.